The summed E-state index contributed by atoms with van der Waals surface area (Å²) in [5.74, 6) is -0.244. The molecule has 2 rings (SSSR count). The topological polar surface area (TPSA) is 16.8 Å². The normalized spacial score (nSPS) is 13.4. The third-order valence-corrected chi connectivity index (χ3v) is 4.04. The fourth-order valence-electron chi connectivity index (χ4n) is 2.93. The number of alkyl halides is 3. The minimum Gasteiger partial charge on any atom is -0.261 e. The van der Waals surface area contributed by atoms with Crippen LogP contribution in [0.4, 0.5) is 13.2 Å². The lowest BCUT2D eigenvalue weighted by atomic mass is 9.97. The van der Waals surface area contributed by atoms with Gasteiger partial charge in [0.05, 0.1) is 0 Å². The third kappa shape index (κ3) is 3.89. The van der Waals surface area contributed by atoms with Gasteiger partial charge in [-0.15, -0.1) is 0 Å². The second kappa shape index (κ2) is 6.69. The van der Waals surface area contributed by atoms with Gasteiger partial charge in [-0.3, -0.25) is 4.98 Å². The van der Waals surface area contributed by atoms with Crippen LogP contribution in [-0.4, -0.2) is 4.98 Å². The molecular weight excluding hydrogens is 301 g/mol. The number of nitrogens with zero attached hydrogens (tertiary/aromatic N) is 2. The highest BCUT2D eigenvalue weighted by Gasteiger charge is 2.44. The highest BCUT2D eigenvalue weighted by atomic mass is 19.4. The van der Waals surface area contributed by atoms with Crippen molar-refractivity contribution >= 4 is 0 Å². The molecule has 0 aromatic carbocycles. The van der Waals surface area contributed by atoms with E-state index in [9.17, 15) is 13.2 Å². The molecule has 2 aromatic heterocycles. The summed E-state index contributed by atoms with van der Waals surface area (Å²) in [6, 6.07) is 6.99. The van der Waals surface area contributed by atoms with E-state index in [4.69, 9.17) is 0 Å². The molecule has 0 aliphatic carbocycles. The van der Waals surface area contributed by atoms with Crippen LogP contribution in [0.3, 0.4) is 0 Å². The fraction of sp³-hybridized carbons (Fsp3) is 0.444. The minimum absolute atomic E-state index is 0.0581. The molecule has 2 nitrogen and oxygen atoms in total. The molecule has 0 N–H and O–H groups in total. The summed E-state index contributed by atoms with van der Waals surface area (Å²) >= 11 is 0. The molecule has 2 heterocycles. The first-order valence-corrected chi connectivity index (χ1v) is 7.73. The first kappa shape index (κ1) is 17.4. The molecule has 0 saturated carbocycles. The van der Waals surface area contributed by atoms with Crippen molar-refractivity contribution in [1.82, 2.24) is 4.98 Å². The lowest BCUT2D eigenvalue weighted by Gasteiger charge is -2.17. The molecule has 23 heavy (non-hydrogen) atoms. The van der Waals surface area contributed by atoms with E-state index in [-0.39, 0.29) is 18.4 Å². The van der Waals surface area contributed by atoms with Gasteiger partial charge in [-0.05, 0) is 30.5 Å². The molecule has 0 amide bonds. The van der Waals surface area contributed by atoms with E-state index < -0.39 is 11.9 Å². The number of rotatable bonds is 4. The quantitative estimate of drug-likeness (QED) is 0.750. The lowest BCUT2D eigenvalue weighted by molar-refractivity contribution is -0.717. The van der Waals surface area contributed by atoms with Crippen molar-refractivity contribution in [1.29, 1.82) is 0 Å². The van der Waals surface area contributed by atoms with Crippen LogP contribution in [0.2, 0.25) is 0 Å². The second-order valence-electron chi connectivity index (χ2n) is 6.20. The van der Waals surface area contributed by atoms with Crippen molar-refractivity contribution in [2.24, 2.45) is 0 Å². The molecule has 124 valence electrons. The first-order valence-electron chi connectivity index (χ1n) is 7.73. The van der Waals surface area contributed by atoms with Crippen molar-refractivity contribution in [2.45, 2.75) is 52.3 Å². The van der Waals surface area contributed by atoms with Gasteiger partial charge in [0, 0.05) is 29.4 Å². The SMILES string of the molecule is Cc1ncccc1C(C)C[n+]1cccc(C(C)C)c1C(F)(F)F. The van der Waals surface area contributed by atoms with Crippen LogP contribution in [0.15, 0.2) is 36.7 Å². The van der Waals surface area contributed by atoms with Gasteiger partial charge in [-0.25, -0.2) is 0 Å². The number of aryl methyl sites for hydroxylation is 1. The Morgan fingerprint density at radius 3 is 2.30 bits per heavy atom. The number of aromatic nitrogens is 2. The van der Waals surface area contributed by atoms with Gasteiger partial charge in [0.1, 0.15) is 0 Å². The highest BCUT2D eigenvalue weighted by Crippen LogP contribution is 2.33. The summed E-state index contributed by atoms with van der Waals surface area (Å²) in [7, 11) is 0. The number of hydrogen-bond acceptors (Lipinski definition) is 1. The van der Waals surface area contributed by atoms with Crippen LogP contribution in [0.1, 0.15) is 55.1 Å². The van der Waals surface area contributed by atoms with Gasteiger partial charge in [0.15, 0.2) is 12.7 Å². The molecule has 5 heteroatoms. The van der Waals surface area contributed by atoms with E-state index in [1.54, 1.807) is 32.2 Å². The molecule has 0 saturated heterocycles. The smallest absolute Gasteiger partial charge is 0.261 e. The largest absolute Gasteiger partial charge is 0.477 e. The van der Waals surface area contributed by atoms with E-state index in [1.165, 1.54) is 10.8 Å². The summed E-state index contributed by atoms with van der Waals surface area (Å²) in [4.78, 5) is 4.23. The van der Waals surface area contributed by atoms with Gasteiger partial charge >= 0.3 is 6.18 Å². The monoisotopic (exact) mass is 323 g/mol. The summed E-state index contributed by atoms with van der Waals surface area (Å²) in [6.07, 6.45) is -1.17. The van der Waals surface area contributed by atoms with Gasteiger partial charge < -0.3 is 0 Å². The minimum atomic E-state index is -4.37. The second-order valence-corrected chi connectivity index (χ2v) is 6.20. The van der Waals surface area contributed by atoms with Crippen molar-refractivity contribution in [3.05, 3.63) is 59.2 Å². The first-order chi connectivity index (χ1) is 10.7. The Morgan fingerprint density at radius 1 is 1.09 bits per heavy atom. The van der Waals surface area contributed by atoms with E-state index in [0.29, 0.717) is 5.56 Å². The maximum atomic E-state index is 13.6. The Balaban J connectivity index is 2.44. The number of hydrogen-bond donors (Lipinski definition) is 0. The van der Waals surface area contributed by atoms with E-state index in [1.807, 2.05) is 26.0 Å². The van der Waals surface area contributed by atoms with Crippen LogP contribution in [0.5, 0.6) is 0 Å². The molecule has 1 unspecified atom stereocenters. The molecule has 0 aliphatic heterocycles. The zero-order valence-electron chi connectivity index (χ0n) is 13.9. The summed E-state index contributed by atoms with van der Waals surface area (Å²) in [6.45, 7) is 7.64. The average molecular weight is 323 g/mol. The van der Waals surface area contributed by atoms with Crippen LogP contribution in [0, 0.1) is 6.92 Å². The Morgan fingerprint density at radius 2 is 1.74 bits per heavy atom. The standard InChI is InChI=1S/C18H22F3N2/c1-12(2)15-8-6-10-23(17(15)18(19,20)21)11-13(3)16-7-5-9-22-14(16)4/h5-10,12-13H,11H2,1-4H3/q+1. The van der Waals surface area contributed by atoms with E-state index in [0.717, 1.165) is 11.3 Å². The lowest BCUT2D eigenvalue weighted by Crippen LogP contribution is -2.45. The van der Waals surface area contributed by atoms with Crippen LogP contribution < -0.4 is 4.57 Å². The summed E-state index contributed by atoms with van der Waals surface area (Å²) in [5.41, 5.74) is 1.61. The van der Waals surface area contributed by atoms with Gasteiger partial charge in [-0.2, -0.15) is 17.7 Å². The van der Waals surface area contributed by atoms with Crippen LogP contribution in [-0.2, 0) is 12.7 Å². The molecule has 1 atom stereocenters. The predicted molar refractivity (Wildman–Crippen MR) is 83.1 cm³/mol. The van der Waals surface area contributed by atoms with E-state index in [2.05, 4.69) is 4.98 Å². The third-order valence-electron chi connectivity index (χ3n) is 4.04. The maximum absolute atomic E-state index is 13.6. The fourth-order valence-corrected chi connectivity index (χ4v) is 2.93. The summed E-state index contributed by atoms with van der Waals surface area (Å²) < 4.78 is 42.0. The van der Waals surface area contributed by atoms with Crippen molar-refractivity contribution in [3.8, 4) is 0 Å². The van der Waals surface area contributed by atoms with Crippen LogP contribution >= 0.6 is 0 Å². The molecule has 2 aromatic rings. The molecule has 0 spiro atoms. The Hall–Kier alpha value is -1.91. The van der Waals surface area contributed by atoms with Gasteiger partial charge in [0.2, 0.25) is 0 Å². The molecular formula is C18H22F3N2+. The van der Waals surface area contributed by atoms with E-state index >= 15 is 0 Å². The number of halogens is 3. The van der Waals surface area contributed by atoms with Crippen molar-refractivity contribution in [2.75, 3.05) is 0 Å². The van der Waals surface area contributed by atoms with Crippen LogP contribution in [0.25, 0.3) is 0 Å². The summed E-state index contributed by atoms with van der Waals surface area (Å²) in [5, 5.41) is 0. The average Bonchev–Trinajstić information content (AvgIpc) is 2.46. The van der Waals surface area contributed by atoms with Crippen molar-refractivity contribution in [3.63, 3.8) is 0 Å². The molecule has 0 radical (unpaired) electrons. The van der Waals surface area contributed by atoms with Gasteiger partial charge in [-0.1, -0.05) is 26.8 Å². The molecule has 0 aliphatic rings. The zero-order valence-corrected chi connectivity index (χ0v) is 13.9. The highest BCUT2D eigenvalue weighted by molar-refractivity contribution is 5.23. The molecule has 0 fully saturated rings. The predicted octanol–water partition coefficient (Wildman–Crippen LogP) is 4.62. The number of pyridine rings is 2. The zero-order chi connectivity index (χ0) is 17.2. The molecule has 0 bridgehead atoms. The Bertz CT molecular complexity index is 678. The van der Waals surface area contributed by atoms with Crippen molar-refractivity contribution < 1.29 is 17.7 Å². The Labute approximate surface area is 135 Å². The maximum Gasteiger partial charge on any atom is 0.477 e. The van der Waals surface area contributed by atoms with Gasteiger partial charge in [0.25, 0.3) is 5.69 Å². The Kier molecular flexibility index (Phi) is 5.07.